The lowest BCUT2D eigenvalue weighted by molar-refractivity contribution is -0.116. The second-order valence-electron chi connectivity index (χ2n) is 4.47. The van der Waals surface area contributed by atoms with Crippen LogP contribution in [0.5, 0.6) is 0 Å². The number of anilines is 2. The van der Waals surface area contributed by atoms with Gasteiger partial charge in [-0.05, 0) is 36.2 Å². The summed E-state index contributed by atoms with van der Waals surface area (Å²) in [4.78, 5) is 11.9. The van der Waals surface area contributed by atoms with Crippen LogP contribution in [0.4, 0.5) is 11.4 Å². The molecule has 0 aliphatic carbocycles. The monoisotopic (exact) mass is 264 g/mol. The first-order chi connectivity index (χ1) is 9.69. The number of nitrogens with one attached hydrogen (secondary N) is 1. The van der Waals surface area contributed by atoms with Crippen LogP contribution in [0, 0.1) is 12.3 Å². The van der Waals surface area contributed by atoms with E-state index in [0.717, 1.165) is 16.8 Å². The third-order valence-electron chi connectivity index (χ3n) is 2.99. The van der Waals surface area contributed by atoms with Crippen molar-refractivity contribution >= 4 is 17.3 Å². The minimum absolute atomic E-state index is 0.0533. The third-order valence-corrected chi connectivity index (χ3v) is 2.99. The van der Waals surface area contributed by atoms with Crippen LogP contribution in [0.2, 0.25) is 0 Å². The smallest absolute Gasteiger partial charge is 0.224 e. The van der Waals surface area contributed by atoms with E-state index in [9.17, 15) is 4.79 Å². The topological polar surface area (TPSA) is 55.1 Å². The molecule has 0 aromatic heterocycles. The molecule has 0 spiro atoms. The molecule has 0 radical (unpaired) electrons. The highest BCUT2D eigenvalue weighted by atomic mass is 16.1. The predicted octanol–water partition coefficient (Wildman–Crippen LogP) is 2.82. The molecule has 2 aromatic rings. The van der Waals surface area contributed by atoms with Gasteiger partial charge in [-0.1, -0.05) is 30.2 Å². The Bertz CT molecular complexity index is 656. The van der Waals surface area contributed by atoms with Crippen molar-refractivity contribution in [1.29, 1.82) is 0 Å². The molecular formula is C17H16N2O. The van der Waals surface area contributed by atoms with Crippen LogP contribution in [-0.4, -0.2) is 5.91 Å². The van der Waals surface area contributed by atoms with Gasteiger partial charge in [0, 0.05) is 23.4 Å². The van der Waals surface area contributed by atoms with Gasteiger partial charge in [-0.3, -0.25) is 4.79 Å². The molecule has 2 aromatic carbocycles. The Morgan fingerprint density at radius 2 is 2.00 bits per heavy atom. The number of hydrogen-bond acceptors (Lipinski definition) is 2. The van der Waals surface area contributed by atoms with Crippen molar-refractivity contribution in [1.82, 2.24) is 0 Å². The Morgan fingerprint density at radius 1 is 1.20 bits per heavy atom. The molecule has 0 fully saturated rings. The van der Waals surface area contributed by atoms with Crippen molar-refractivity contribution in [2.24, 2.45) is 0 Å². The van der Waals surface area contributed by atoms with Crippen LogP contribution in [0.3, 0.4) is 0 Å². The average molecular weight is 264 g/mol. The Hall–Kier alpha value is -2.73. The fourth-order valence-corrected chi connectivity index (χ4v) is 1.92. The van der Waals surface area contributed by atoms with Crippen molar-refractivity contribution in [2.75, 3.05) is 11.1 Å². The van der Waals surface area contributed by atoms with Crippen LogP contribution in [0.1, 0.15) is 17.5 Å². The van der Waals surface area contributed by atoms with Crippen LogP contribution in [0.25, 0.3) is 0 Å². The number of amides is 1. The highest BCUT2D eigenvalue weighted by molar-refractivity contribution is 5.91. The maximum Gasteiger partial charge on any atom is 0.224 e. The summed E-state index contributed by atoms with van der Waals surface area (Å²) in [5, 5.41) is 2.83. The molecule has 20 heavy (non-hydrogen) atoms. The molecule has 0 aliphatic heterocycles. The van der Waals surface area contributed by atoms with Gasteiger partial charge < -0.3 is 11.1 Å². The van der Waals surface area contributed by atoms with Crippen LogP contribution in [0.15, 0.2) is 48.5 Å². The Kier molecular flexibility index (Phi) is 4.41. The summed E-state index contributed by atoms with van der Waals surface area (Å²) in [7, 11) is 0. The highest BCUT2D eigenvalue weighted by Crippen LogP contribution is 2.14. The van der Waals surface area contributed by atoms with E-state index in [0.29, 0.717) is 18.5 Å². The molecule has 0 unspecified atom stereocenters. The normalized spacial score (nSPS) is 9.75. The molecule has 3 N–H and O–H groups in total. The Labute approximate surface area is 118 Å². The number of aryl methyl sites for hydroxylation is 1. The number of carbonyl (C=O) groups is 1. The second-order valence-corrected chi connectivity index (χ2v) is 4.47. The van der Waals surface area contributed by atoms with Crippen LogP contribution >= 0.6 is 0 Å². The van der Waals surface area contributed by atoms with Crippen LogP contribution in [-0.2, 0) is 11.2 Å². The van der Waals surface area contributed by atoms with Gasteiger partial charge in [0.05, 0.1) is 0 Å². The van der Waals surface area contributed by atoms with Gasteiger partial charge in [-0.2, -0.15) is 0 Å². The van der Waals surface area contributed by atoms with Crippen molar-refractivity contribution in [3.63, 3.8) is 0 Å². The number of hydrogen-bond donors (Lipinski definition) is 2. The highest BCUT2D eigenvalue weighted by Gasteiger charge is 2.05. The van der Waals surface area contributed by atoms with Gasteiger partial charge in [-0.15, -0.1) is 6.42 Å². The molecule has 0 saturated carbocycles. The maximum absolute atomic E-state index is 11.9. The zero-order valence-electron chi connectivity index (χ0n) is 11.1. The summed E-state index contributed by atoms with van der Waals surface area (Å²) in [5.74, 6) is 2.48. The van der Waals surface area contributed by atoms with Gasteiger partial charge in [0.2, 0.25) is 5.91 Å². The zero-order chi connectivity index (χ0) is 14.4. The minimum atomic E-state index is -0.0533. The SMILES string of the molecule is C#Cc1cccc(NC(=O)CCc2ccccc2N)c1. The summed E-state index contributed by atoms with van der Waals surface area (Å²) in [6.45, 7) is 0. The molecule has 2 rings (SSSR count). The third kappa shape index (κ3) is 3.63. The zero-order valence-corrected chi connectivity index (χ0v) is 11.1. The summed E-state index contributed by atoms with van der Waals surface area (Å²) >= 11 is 0. The molecule has 1 amide bonds. The molecule has 0 aliphatic rings. The first kappa shape index (κ1) is 13.7. The summed E-state index contributed by atoms with van der Waals surface area (Å²) in [6, 6.07) is 14.8. The number of para-hydroxylation sites is 1. The lowest BCUT2D eigenvalue weighted by Gasteiger charge is -2.07. The summed E-state index contributed by atoms with van der Waals surface area (Å²) < 4.78 is 0. The lowest BCUT2D eigenvalue weighted by atomic mass is 10.1. The molecule has 3 heteroatoms. The van der Waals surface area contributed by atoms with Gasteiger partial charge >= 0.3 is 0 Å². The number of rotatable bonds is 4. The van der Waals surface area contributed by atoms with Crippen molar-refractivity contribution in [3.05, 3.63) is 59.7 Å². The standard InChI is InChI=1S/C17H16N2O/c1-2-13-6-5-8-15(12-13)19-17(20)11-10-14-7-3-4-9-16(14)18/h1,3-9,12H,10-11,18H2,(H,19,20). The minimum Gasteiger partial charge on any atom is -0.399 e. The molecular weight excluding hydrogens is 248 g/mol. The first-order valence-electron chi connectivity index (χ1n) is 6.39. The van der Waals surface area contributed by atoms with E-state index in [-0.39, 0.29) is 5.91 Å². The number of terminal acetylenes is 1. The van der Waals surface area contributed by atoms with Gasteiger partial charge in [0.25, 0.3) is 0 Å². The molecule has 0 bridgehead atoms. The van der Waals surface area contributed by atoms with Crippen molar-refractivity contribution < 1.29 is 4.79 Å². The molecule has 100 valence electrons. The van der Waals surface area contributed by atoms with E-state index in [2.05, 4.69) is 11.2 Å². The predicted molar refractivity (Wildman–Crippen MR) is 82.2 cm³/mol. The molecule has 3 nitrogen and oxygen atoms in total. The van der Waals surface area contributed by atoms with Gasteiger partial charge in [-0.25, -0.2) is 0 Å². The van der Waals surface area contributed by atoms with E-state index in [1.807, 2.05) is 42.5 Å². The molecule has 0 saturated heterocycles. The maximum atomic E-state index is 11.9. The number of nitrogens with two attached hydrogens (primary N) is 1. The summed E-state index contributed by atoms with van der Waals surface area (Å²) in [6.07, 6.45) is 6.33. The van der Waals surface area contributed by atoms with E-state index in [1.54, 1.807) is 6.07 Å². The number of nitrogen functional groups attached to an aromatic ring is 1. The van der Waals surface area contributed by atoms with E-state index in [4.69, 9.17) is 12.2 Å². The van der Waals surface area contributed by atoms with Gasteiger partial charge in [0.15, 0.2) is 0 Å². The Morgan fingerprint density at radius 3 is 2.75 bits per heavy atom. The van der Waals surface area contributed by atoms with Crippen molar-refractivity contribution in [2.45, 2.75) is 12.8 Å². The largest absolute Gasteiger partial charge is 0.399 e. The first-order valence-corrected chi connectivity index (χ1v) is 6.39. The van der Waals surface area contributed by atoms with Crippen molar-refractivity contribution in [3.8, 4) is 12.3 Å². The van der Waals surface area contributed by atoms with Gasteiger partial charge in [0.1, 0.15) is 0 Å². The fourth-order valence-electron chi connectivity index (χ4n) is 1.92. The number of carbonyl (C=O) groups excluding carboxylic acids is 1. The lowest BCUT2D eigenvalue weighted by Crippen LogP contribution is -2.12. The Balaban J connectivity index is 1.93. The molecule has 0 heterocycles. The van der Waals surface area contributed by atoms with Crippen LogP contribution < -0.4 is 11.1 Å². The van der Waals surface area contributed by atoms with E-state index >= 15 is 0 Å². The molecule has 0 atom stereocenters. The second kappa shape index (κ2) is 6.44. The fraction of sp³-hybridized carbons (Fsp3) is 0.118. The van der Waals surface area contributed by atoms with E-state index in [1.165, 1.54) is 0 Å². The van der Waals surface area contributed by atoms with E-state index < -0.39 is 0 Å². The number of benzene rings is 2. The summed E-state index contributed by atoms with van der Waals surface area (Å²) in [5.41, 5.74) is 9.01. The average Bonchev–Trinajstić information content (AvgIpc) is 2.46. The quantitative estimate of drug-likeness (QED) is 0.659.